The van der Waals surface area contributed by atoms with Crippen molar-refractivity contribution in [1.82, 2.24) is 9.97 Å². The number of aromatic nitrogens is 2. The highest BCUT2D eigenvalue weighted by molar-refractivity contribution is 6.29. The highest BCUT2D eigenvalue weighted by atomic mass is 35.5. The van der Waals surface area contributed by atoms with Gasteiger partial charge in [-0.1, -0.05) is 11.6 Å². The molecule has 0 atom stereocenters. The van der Waals surface area contributed by atoms with Gasteiger partial charge in [0.2, 0.25) is 0 Å². The average molecular weight is 292 g/mol. The summed E-state index contributed by atoms with van der Waals surface area (Å²) in [7, 11) is 0. The molecule has 0 radical (unpaired) electrons. The number of carbonyl (C=O) groups excluding carboxylic acids is 1. The summed E-state index contributed by atoms with van der Waals surface area (Å²) >= 11 is 5.73. The summed E-state index contributed by atoms with van der Waals surface area (Å²) < 4.78 is 10.8. The lowest BCUT2D eigenvalue weighted by Crippen LogP contribution is -2.17. The first-order chi connectivity index (χ1) is 9.72. The Kier molecular flexibility index (Phi) is 3.39. The molecule has 1 aromatic heterocycles. The van der Waals surface area contributed by atoms with E-state index < -0.39 is 0 Å². The Morgan fingerprint density at radius 2 is 1.95 bits per heavy atom. The van der Waals surface area contributed by atoms with Crippen LogP contribution in [0.2, 0.25) is 5.15 Å². The van der Waals surface area contributed by atoms with Crippen molar-refractivity contribution in [3.05, 3.63) is 41.3 Å². The molecule has 3 rings (SSSR count). The topological polar surface area (TPSA) is 73.3 Å². The Morgan fingerprint density at radius 3 is 2.75 bits per heavy atom. The molecule has 0 unspecified atom stereocenters. The Labute approximate surface area is 119 Å². The van der Waals surface area contributed by atoms with E-state index in [1.54, 1.807) is 18.2 Å². The summed E-state index contributed by atoms with van der Waals surface area (Å²) in [6.45, 7) is 0.984. The first-order valence-corrected chi connectivity index (χ1v) is 6.29. The van der Waals surface area contributed by atoms with E-state index in [-0.39, 0.29) is 11.1 Å². The SMILES string of the molecule is O=C(Nc1cc(Cl)ncn1)c1ccc2c(c1)OCCO2. The van der Waals surface area contributed by atoms with Crippen LogP contribution >= 0.6 is 11.6 Å². The van der Waals surface area contributed by atoms with E-state index in [2.05, 4.69) is 15.3 Å². The number of carbonyl (C=O) groups is 1. The molecular weight excluding hydrogens is 282 g/mol. The number of ether oxygens (including phenoxy) is 2. The van der Waals surface area contributed by atoms with E-state index in [0.29, 0.717) is 36.1 Å². The monoisotopic (exact) mass is 291 g/mol. The summed E-state index contributed by atoms with van der Waals surface area (Å²) in [5.74, 6) is 1.23. The standard InChI is InChI=1S/C13H10ClN3O3/c14-11-6-12(16-7-15-11)17-13(18)8-1-2-9-10(5-8)20-4-3-19-9/h1-2,5-7H,3-4H2,(H,15,16,17,18). The van der Waals surface area contributed by atoms with Gasteiger partial charge in [0.25, 0.3) is 5.91 Å². The van der Waals surface area contributed by atoms with Gasteiger partial charge in [0.15, 0.2) is 11.5 Å². The molecular formula is C13H10ClN3O3. The van der Waals surface area contributed by atoms with E-state index in [1.165, 1.54) is 12.4 Å². The third-order valence-electron chi connectivity index (χ3n) is 2.68. The molecule has 1 aliphatic rings. The average Bonchev–Trinajstić information content (AvgIpc) is 2.47. The zero-order valence-corrected chi connectivity index (χ0v) is 11.1. The number of nitrogens with one attached hydrogen (secondary N) is 1. The van der Waals surface area contributed by atoms with Gasteiger partial charge < -0.3 is 14.8 Å². The van der Waals surface area contributed by atoms with Crippen molar-refractivity contribution in [3.8, 4) is 11.5 Å². The lowest BCUT2D eigenvalue weighted by Gasteiger charge is -2.18. The minimum Gasteiger partial charge on any atom is -0.486 e. The number of amides is 1. The fraction of sp³-hybridized carbons (Fsp3) is 0.154. The van der Waals surface area contributed by atoms with Crippen LogP contribution in [0.1, 0.15) is 10.4 Å². The number of fused-ring (bicyclic) bond motifs is 1. The fourth-order valence-corrected chi connectivity index (χ4v) is 1.92. The van der Waals surface area contributed by atoms with Crippen LogP contribution in [0.4, 0.5) is 5.82 Å². The Bertz CT molecular complexity index is 663. The van der Waals surface area contributed by atoms with Crippen LogP contribution in [0.3, 0.4) is 0 Å². The second kappa shape index (κ2) is 5.34. The van der Waals surface area contributed by atoms with Gasteiger partial charge in [-0.2, -0.15) is 0 Å². The summed E-state index contributed by atoms with van der Waals surface area (Å²) in [5.41, 5.74) is 0.448. The summed E-state index contributed by atoms with van der Waals surface area (Å²) in [4.78, 5) is 19.8. The normalized spacial score (nSPS) is 12.8. The predicted molar refractivity (Wildman–Crippen MR) is 72.4 cm³/mol. The summed E-state index contributed by atoms with van der Waals surface area (Å²) in [5, 5.41) is 2.90. The molecule has 1 aromatic carbocycles. The predicted octanol–water partition coefficient (Wildman–Crippen LogP) is 2.15. The van der Waals surface area contributed by atoms with Gasteiger partial charge in [-0.05, 0) is 18.2 Å². The first-order valence-electron chi connectivity index (χ1n) is 5.91. The lowest BCUT2D eigenvalue weighted by atomic mass is 10.2. The van der Waals surface area contributed by atoms with Gasteiger partial charge in [-0.25, -0.2) is 9.97 Å². The molecule has 0 aliphatic carbocycles. The molecule has 1 aliphatic heterocycles. The molecule has 7 heteroatoms. The zero-order chi connectivity index (χ0) is 13.9. The van der Waals surface area contributed by atoms with Crippen molar-refractivity contribution in [2.24, 2.45) is 0 Å². The third-order valence-corrected chi connectivity index (χ3v) is 2.89. The quantitative estimate of drug-likeness (QED) is 0.858. The Hall–Kier alpha value is -2.34. The van der Waals surface area contributed by atoms with Gasteiger partial charge in [0.1, 0.15) is 30.5 Å². The largest absolute Gasteiger partial charge is 0.486 e. The van der Waals surface area contributed by atoms with Gasteiger partial charge in [-0.15, -0.1) is 0 Å². The molecule has 1 N–H and O–H groups in total. The summed E-state index contributed by atoms with van der Waals surface area (Å²) in [6, 6.07) is 6.46. The first kappa shape index (κ1) is 12.7. The van der Waals surface area contributed by atoms with Crippen molar-refractivity contribution in [1.29, 1.82) is 0 Å². The molecule has 102 valence electrons. The zero-order valence-electron chi connectivity index (χ0n) is 10.3. The van der Waals surface area contributed by atoms with Crippen LogP contribution in [0.5, 0.6) is 11.5 Å². The molecule has 0 bridgehead atoms. The molecule has 1 amide bonds. The molecule has 20 heavy (non-hydrogen) atoms. The number of hydrogen-bond donors (Lipinski definition) is 1. The van der Waals surface area contributed by atoms with Crippen molar-refractivity contribution in [3.63, 3.8) is 0 Å². The molecule has 2 heterocycles. The van der Waals surface area contributed by atoms with Gasteiger partial charge in [0.05, 0.1) is 0 Å². The van der Waals surface area contributed by atoms with E-state index in [1.807, 2.05) is 0 Å². The van der Waals surface area contributed by atoms with Gasteiger partial charge >= 0.3 is 0 Å². The minimum atomic E-state index is -0.309. The Balaban J connectivity index is 1.80. The number of anilines is 1. The minimum absolute atomic E-state index is 0.262. The van der Waals surface area contributed by atoms with E-state index in [0.717, 1.165) is 0 Å². The molecule has 6 nitrogen and oxygen atoms in total. The number of nitrogens with zero attached hydrogens (tertiary/aromatic N) is 2. The summed E-state index contributed by atoms with van der Waals surface area (Å²) in [6.07, 6.45) is 1.28. The molecule has 0 saturated heterocycles. The van der Waals surface area contributed by atoms with Crippen LogP contribution in [0.25, 0.3) is 0 Å². The van der Waals surface area contributed by atoms with Crippen molar-refractivity contribution < 1.29 is 14.3 Å². The van der Waals surface area contributed by atoms with Crippen LogP contribution in [0.15, 0.2) is 30.6 Å². The van der Waals surface area contributed by atoms with E-state index in [9.17, 15) is 4.79 Å². The third kappa shape index (κ3) is 2.65. The lowest BCUT2D eigenvalue weighted by molar-refractivity contribution is 0.102. The fourth-order valence-electron chi connectivity index (χ4n) is 1.78. The Morgan fingerprint density at radius 1 is 1.15 bits per heavy atom. The van der Waals surface area contributed by atoms with E-state index in [4.69, 9.17) is 21.1 Å². The van der Waals surface area contributed by atoms with Crippen molar-refractivity contribution in [2.45, 2.75) is 0 Å². The number of rotatable bonds is 2. The maximum Gasteiger partial charge on any atom is 0.256 e. The molecule has 0 spiro atoms. The number of halogens is 1. The second-order valence-electron chi connectivity index (χ2n) is 4.04. The van der Waals surface area contributed by atoms with Crippen LogP contribution < -0.4 is 14.8 Å². The molecule has 2 aromatic rings. The van der Waals surface area contributed by atoms with Crippen LogP contribution in [0, 0.1) is 0 Å². The highest BCUT2D eigenvalue weighted by Gasteiger charge is 2.15. The molecule has 0 saturated carbocycles. The maximum absolute atomic E-state index is 12.1. The van der Waals surface area contributed by atoms with Gasteiger partial charge in [0, 0.05) is 11.6 Å². The van der Waals surface area contributed by atoms with Crippen molar-refractivity contribution in [2.75, 3.05) is 18.5 Å². The van der Waals surface area contributed by atoms with E-state index >= 15 is 0 Å². The molecule has 0 fully saturated rings. The second-order valence-corrected chi connectivity index (χ2v) is 4.43. The van der Waals surface area contributed by atoms with Crippen molar-refractivity contribution >= 4 is 23.3 Å². The maximum atomic E-state index is 12.1. The number of hydrogen-bond acceptors (Lipinski definition) is 5. The number of benzene rings is 1. The van der Waals surface area contributed by atoms with Crippen LogP contribution in [-0.2, 0) is 0 Å². The highest BCUT2D eigenvalue weighted by Crippen LogP contribution is 2.30. The van der Waals surface area contributed by atoms with Gasteiger partial charge in [-0.3, -0.25) is 4.79 Å². The van der Waals surface area contributed by atoms with Crippen LogP contribution in [-0.4, -0.2) is 29.1 Å². The smallest absolute Gasteiger partial charge is 0.256 e.